The van der Waals surface area contributed by atoms with E-state index in [2.05, 4.69) is 221 Å². The van der Waals surface area contributed by atoms with E-state index in [1.807, 2.05) is 17.4 Å². The summed E-state index contributed by atoms with van der Waals surface area (Å²) in [6, 6.07) is 76.1. The van der Waals surface area contributed by atoms with E-state index in [4.69, 9.17) is 4.74 Å². The van der Waals surface area contributed by atoms with Gasteiger partial charge in [0.15, 0.2) is 11.5 Å². The average molecular weight is 774 g/mol. The predicted molar refractivity (Wildman–Crippen MR) is 249 cm³/mol. The number of aromatic nitrogens is 1. The van der Waals surface area contributed by atoms with Crippen molar-refractivity contribution in [1.29, 1.82) is 0 Å². The SMILES string of the molecule is c1ccc(-c2ccc(N(c3ccc4c(c3)Oc3ccccc3N4c3ccc4c(c3)sc3ccccc34)c3ccc4c5ccccc5n(-c5ccccc5)c4c3)cc2)cc1. The quantitative estimate of drug-likeness (QED) is 0.168. The molecule has 2 aromatic heterocycles. The van der Waals surface area contributed by atoms with Crippen molar-refractivity contribution in [3.8, 4) is 28.3 Å². The number of thiophene rings is 1. The molecule has 0 bridgehead atoms. The zero-order chi connectivity index (χ0) is 38.9. The Bertz CT molecular complexity index is 3370. The Balaban J connectivity index is 1.04. The van der Waals surface area contributed by atoms with Crippen LogP contribution in [-0.2, 0) is 0 Å². The second-order valence-electron chi connectivity index (χ2n) is 15.0. The zero-order valence-corrected chi connectivity index (χ0v) is 32.7. The van der Waals surface area contributed by atoms with Crippen LogP contribution in [0.3, 0.4) is 0 Å². The fourth-order valence-electron chi connectivity index (χ4n) is 8.85. The summed E-state index contributed by atoms with van der Waals surface area (Å²) >= 11 is 1.84. The molecule has 5 heteroatoms. The van der Waals surface area contributed by atoms with Crippen molar-refractivity contribution in [2.45, 2.75) is 0 Å². The fraction of sp³-hybridized carbons (Fsp3) is 0. The van der Waals surface area contributed by atoms with Gasteiger partial charge in [0.1, 0.15) is 0 Å². The molecule has 0 radical (unpaired) electrons. The van der Waals surface area contributed by atoms with Crippen molar-refractivity contribution in [3.63, 3.8) is 0 Å². The highest BCUT2D eigenvalue weighted by Gasteiger charge is 2.28. The lowest BCUT2D eigenvalue weighted by molar-refractivity contribution is 0.477. The van der Waals surface area contributed by atoms with E-state index in [1.54, 1.807) is 0 Å². The normalized spacial score (nSPS) is 12.2. The van der Waals surface area contributed by atoms with Gasteiger partial charge in [-0.1, -0.05) is 121 Å². The van der Waals surface area contributed by atoms with Gasteiger partial charge in [0.05, 0.1) is 22.4 Å². The number of nitrogens with zero attached hydrogens (tertiary/aromatic N) is 3. The highest BCUT2D eigenvalue weighted by molar-refractivity contribution is 7.25. The molecule has 0 fully saturated rings. The summed E-state index contributed by atoms with van der Waals surface area (Å²) in [5.74, 6) is 1.61. The van der Waals surface area contributed by atoms with Gasteiger partial charge >= 0.3 is 0 Å². The summed E-state index contributed by atoms with van der Waals surface area (Å²) in [5.41, 5.74) is 12.0. The van der Waals surface area contributed by atoms with Crippen LogP contribution in [0.25, 0.3) is 58.8 Å². The maximum atomic E-state index is 6.82. The third-order valence-electron chi connectivity index (χ3n) is 11.6. The number of benzene rings is 9. The van der Waals surface area contributed by atoms with Gasteiger partial charge in [0.25, 0.3) is 0 Å². The molecule has 1 aliphatic rings. The molecular weight excluding hydrogens is 739 g/mol. The molecule has 0 amide bonds. The lowest BCUT2D eigenvalue weighted by Crippen LogP contribution is -2.17. The van der Waals surface area contributed by atoms with Gasteiger partial charge in [-0.3, -0.25) is 0 Å². The number of hydrogen-bond donors (Lipinski definition) is 0. The maximum absolute atomic E-state index is 6.82. The van der Waals surface area contributed by atoms with Crippen molar-refractivity contribution >= 4 is 87.4 Å². The molecular formula is C54H35N3OS. The van der Waals surface area contributed by atoms with E-state index >= 15 is 0 Å². The molecule has 0 saturated carbocycles. The first kappa shape index (κ1) is 33.5. The summed E-state index contributed by atoms with van der Waals surface area (Å²) < 4.78 is 11.8. The predicted octanol–water partition coefficient (Wildman–Crippen LogP) is 15.9. The van der Waals surface area contributed by atoms with Gasteiger partial charge in [-0.25, -0.2) is 0 Å². The molecule has 1 aliphatic heterocycles. The van der Waals surface area contributed by atoms with E-state index in [1.165, 1.54) is 47.6 Å². The van der Waals surface area contributed by atoms with Gasteiger partial charge in [0.2, 0.25) is 0 Å². The smallest absolute Gasteiger partial charge is 0.153 e. The fourth-order valence-corrected chi connectivity index (χ4v) is 9.99. The Morgan fingerprint density at radius 3 is 1.85 bits per heavy atom. The van der Waals surface area contributed by atoms with Crippen LogP contribution in [0.5, 0.6) is 11.5 Å². The molecule has 0 atom stereocenters. The van der Waals surface area contributed by atoms with Crippen molar-refractivity contribution < 1.29 is 4.74 Å². The van der Waals surface area contributed by atoms with Crippen LogP contribution in [0.2, 0.25) is 0 Å². The third-order valence-corrected chi connectivity index (χ3v) is 12.7. The first-order valence-corrected chi connectivity index (χ1v) is 20.7. The van der Waals surface area contributed by atoms with Crippen LogP contribution in [0.4, 0.5) is 34.1 Å². The molecule has 0 aliphatic carbocycles. The molecule has 12 rings (SSSR count). The molecule has 0 spiro atoms. The largest absolute Gasteiger partial charge is 0.453 e. The van der Waals surface area contributed by atoms with E-state index in [-0.39, 0.29) is 0 Å². The van der Waals surface area contributed by atoms with Crippen LogP contribution < -0.4 is 14.5 Å². The van der Waals surface area contributed by atoms with Crippen molar-refractivity contribution in [1.82, 2.24) is 4.57 Å². The Morgan fingerprint density at radius 2 is 0.983 bits per heavy atom. The minimum Gasteiger partial charge on any atom is -0.453 e. The van der Waals surface area contributed by atoms with Gasteiger partial charge < -0.3 is 19.1 Å². The van der Waals surface area contributed by atoms with Crippen LogP contribution in [0.15, 0.2) is 212 Å². The van der Waals surface area contributed by atoms with Crippen molar-refractivity contribution in [3.05, 3.63) is 212 Å². The molecule has 59 heavy (non-hydrogen) atoms. The summed E-state index contributed by atoms with van der Waals surface area (Å²) in [7, 11) is 0. The minimum absolute atomic E-state index is 0.794. The minimum atomic E-state index is 0.794. The Kier molecular flexibility index (Phi) is 7.68. The van der Waals surface area contributed by atoms with E-state index in [0.717, 1.165) is 56.8 Å². The number of anilines is 6. The van der Waals surface area contributed by atoms with Crippen LogP contribution in [0, 0.1) is 0 Å². The van der Waals surface area contributed by atoms with Crippen LogP contribution in [-0.4, -0.2) is 4.57 Å². The zero-order valence-electron chi connectivity index (χ0n) is 31.9. The van der Waals surface area contributed by atoms with Crippen molar-refractivity contribution in [2.75, 3.05) is 9.80 Å². The Hall–Kier alpha value is -7.60. The third kappa shape index (κ3) is 5.51. The van der Waals surface area contributed by atoms with Gasteiger partial charge in [0, 0.05) is 65.4 Å². The summed E-state index contributed by atoms with van der Waals surface area (Å²) in [4.78, 5) is 4.68. The highest BCUT2D eigenvalue weighted by atomic mass is 32.1. The first-order valence-electron chi connectivity index (χ1n) is 19.9. The topological polar surface area (TPSA) is 20.6 Å². The van der Waals surface area contributed by atoms with E-state index in [0.29, 0.717) is 0 Å². The van der Waals surface area contributed by atoms with E-state index < -0.39 is 0 Å². The second kappa shape index (κ2) is 13.5. The van der Waals surface area contributed by atoms with E-state index in [9.17, 15) is 0 Å². The van der Waals surface area contributed by atoms with Gasteiger partial charge in [-0.2, -0.15) is 0 Å². The number of fused-ring (bicyclic) bond motifs is 8. The molecule has 11 aromatic rings. The second-order valence-corrected chi connectivity index (χ2v) is 16.1. The molecule has 278 valence electrons. The lowest BCUT2D eigenvalue weighted by atomic mass is 10.0. The lowest BCUT2D eigenvalue weighted by Gasteiger charge is -2.34. The summed E-state index contributed by atoms with van der Waals surface area (Å²) in [5, 5.41) is 5.02. The average Bonchev–Trinajstić information content (AvgIpc) is 3.84. The van der Waals surface area contributed by atoms with Crippen LogP contribution >= 0.6 is 11.3 Å². The molecule has 0 N–H and O–H groups in total. The molecule has 3 heterocycles. The number of rotatable bonds is 6. The number of ether oxygens (including phenoxy) is 1. The number of para-hydroxylation sites is 4. The standard InChI is InChI=1S/C54H35N3OS/c1-3-13-36(14-4-1)37-23-25-39(26-24-37)55(40-27-30-44-43-17-7-9-19-47(43)56(50(44)33-40)38-15-5-2-6-16-38)41-29-32-49-52(34-41)58-51-21-11-10-20-48(51)57(49)42-28-31-46-45-18-8-12-22-53(45)59-54(46)35-42/h1-35H. The highest BCUT2D eigenvalue weighted by Crippen LogP contribution is 2.53. The van der Waals surface area contributed by atoms with Crippen molar-refractivity contribution in [2.24, 2.45) is 0 Å². The Labute approximate surface area is 345 Å². The van der Waals surface area contributed by atoms with Crippen LogP contribution in [0.1, 0.15) is 0 Å². The van der Waals surface area contributed by atoms with Gasteiger partial charge in [-0.05, 0) is 96.1 Å². The first-order chi connectivity index (χ1) is 29.2. The maximum Gasteiger partial charge on any atom is 0.153 e. The van der Waals surface area contributed by atoms with Gasteiger partial charge in [-0.15, -0.1) is 11.3 Å². The molecule has 9 aromatic carbocycles. The summed E-state index contributed by atoms with van der Waals surface area (Å²) in [6.07, 6.45) is 0. The molecule has 4 nitrogen and oxygen atoms in total. The molecule has 0 saturated heterocycles. The number of hydrogen-bond acceptors (Lipinski definition) is 4. The Morgan fingerprint density at radius 1 is 0.373 bits per heavy atom. The monoisotopic (exact) mass is 773 g/mol. The molecule has 0 unspecified atom stereocenters. The summed E-state index contributed by atoms with van der Waals surface area (Å²) in [6.45, 7) is 0.